The summed E-state index contributed by atoms with van der Waals surface area (Å²) >= 11 is 0. The van der Waals surface area contributed by atoms with E-state index in [9.17, 15) is 10.2 Å². The van der Waals surface area contributed by atoms with Gasteiger partial charge in [0.15, 0.2) is 11.5 Å². The van der Waals surface area contributed by atoms with Crippen molar-refractivity contribution in [3.05, 3.63) is 65.7 Å². The van der Waals surface area contributed by atoms with Gasteiger partial charge in [0.05, 0.1) is 7.11 Å². The van der Waals surface area contributed by atoms with Crippen molar-refractivity contribution in [1.29, 1.82) is 0 Å². The minimum atomic E-state index is 0.154. The smallest absolute Gasteiger partial charge is 0.161 e. The predicted octanol–water partition coefficient (Wildman–Crippen LogP) is 2.98. The third-order valence-corrected chi connectivity index (χ3v) is 5.26. The van der Waals surface area contributed by atoms with Crippen LogP contribution in [0.4, 0.5) is 0 Å². The summed E-state index contributed by atoms with van der Waals surface area (Å²) < 4.78 is 5.16. The number of ether oxygens (including phenoxy) is 1. The number of hydrogen-bond acceptors (Lipinski definition) is 5. The van der Waals surface area contributed by atoms with Crippen molar-refractivity contribution < 1.29 is 14.9 Å². The van der Waals surface area contributed by atoms with Crippen LogP contribution in [0.1, 0.15) is 17.5 Å². The highest BCUT2D eigenvalue weighted by Crippen LogP contribution is 2.26. The van der Waals surface area contributed by atoms with E-state index in [0.29, 0.717) is 11.8 Å². The summed E-state index contributed by atoms with van der Waals surface area (Å²) in [5.41, 5.74) is 2.32. The lowest BCUT2D eigenvalue weighted by Gasteiger charge is -2.41. The maximum absolute atomic E-state index is 9.69. The molecule has 0 aromatic heterocycles. The Morgan fingerprint density at radius 1 is 1.14 bits per heavy atom. The van der Waals surface area contributed by atoms with Gasteiger partial charge in [-0.2, -0.15) is 0 Å². The summed E-state index contributed by atoms with van der Waals surface area (Å²) in [7, 11) is 1.55. The fourth-order valence-electron chi connectivity index (χ4n) is 3.71. The van der Waals surface area contributed by atoms with Gasteiger partial charge >= 0.3 is 0 Å². The van der Waals surface area contributed by atoms with Crippen molar-refractivity contribution in [3.63, 3.8) is 0 Å². The van der Waals surface area contributed by atoms with Gasteiger partial charge in [-0.15, -0.1) is 0 Å². The average molecular weight is 383 g/mol. The lowest BCUT2D eigenvalue weighted by atomic mass is 10.1. The number of aliphatic hydroxyl groups excluding tert-OH is 1. The Bertz CT molecular complexity index is 764. The lowest BCUT2D eigenvalue weighted by Crippen LogP contribution is -2.52. The van der Waals surface area contributed by atoms with E-state index in [1.54, 1.807) is 13.2 Å². The molecule has 1 atom stereocenters. The number of aromatic hydroxyl groups is 1. The number of phenolic OH excluding ortho intramolecular Hbond substituents is 1. The van der Waals surface area contributed by atoms with Crippen LogP contribution in [0.2, 0.25) is 0 Å². The molecule has 5 heteroatoms. The van der Waals surface area contributed by atoms with E-state index in [1.165, 1.54) is 5.56 Å². The van der Waals surface area contributed by atoms with E-state index in [1.807, 2.05) is 18.2 Å². The molecule has 1 heterocycles. The highest BCUT2D eigenvalue weighted by Gasteiger charge is 2.25. The van der Waals surface area contributed by atoms with Gasteiger partial charge in [-0.25, -0.2) is 0 Å². The van der Waals surface area contributed by atoms with Gasteiger partial charge in [-0.1, -0.05) is 48.6 Å². The Hall–Kier alpha value is -2.34. The topological polar surface area (TPSA) is 56.2 Å². The van der Waals surface area contributed by atoms with Crippen LogP contribution in [0.15, 0.2) is 54.6 Å². The molecule has 2 aromatic carbocycles. The lowest BCUT2D eigenvalue weighted by molar-refractivity contribution is 0.0597. The van der Waals surface area contributed by atoms with E-state index in [0.717, 1.165) is 44.7 Å². The van der Waals surface area contributed by atoms with Gasteiger partial charge in [-0.3, -0.25) is 9.80 Å². The molecule has 2 aromatic rings. The molecule has 3 rings (SSSR count). The molecule has 1 aliphatic rings. The molecule has 150 valence electrons. The fourth-order valence-corrected chi connectivity index (χ4v) is 3.71. The first-order valence-electron chi connectivity index (χ1n) is 9.84. The zero-order valence-corrected chi connectivity index (χ0v) is 16.5. The number of piperazine rings is 1. The monoisotopic (exact) mass is 382 g/mol. The van der Waals surface area contributed by atoms with Gasteiger partial charge in [0.25, 0.3) is 0 Å². The summed E-state index contributed by atoms with van der Waals surface area (Å²) in [5, 5.41) is 19.2. The molecule has 1 fully saturated rings. The summed E-state index contributed by atoms with van der Waals surface area (Å²) in [4.78, 5) is 4.91. The molecular formula is C23H30N2O3. The Morgan fingerprint density at radius 3 is 2.71 bits per heavy atom. The van der Waals surface area contributed by atoms with Crippen molar-refractivity contribution in [2.24, 2.45) is 0 Å². The van der Waals surface area contributed by atoms with Crippen molar-refractivity contribution >= 4 is 6.08 Å². The van der Waals surface area contributed by atoms with Crippen LogP contribution in [-0.2, 0) is 6.54 Å². The molecule has 1 saturated heterocycles. The van der Waals surface area contributed by atoms with E-state index >= 15 is 0 Å². The van der Waals surface area contributed by atoms with Gasteiger partial charge in [0.1, 0.15) is 0 Å². The summed E-state index contributed by atoms with van der Waals surface area (Å²) in [5.74, 6) is 0.640. The SMILES string of the molecule is COc1cc(/C=C/CN2CCN(Cc3ccccc3)[C@@H](CCO)C2)ccc1O. The maximum Gasteiger partial charge on any atom is 0.161 e. The molecule has 0 bridgehead atoms. The van der Waals surface area contributed by atoms with Crippen LogP contribution in [0.3, 0.4) is 0 Å². The number of phenols is 1. The second-order valence-electron chi connectivity index (χ2n) is 7.22. The minimum Gasteiger partial charge on any atom is -0.504 e. The van der Waals surface area contributed by atoms with Crippen LogP contribution < -0.4 is 4.74 Å². The Kier molecular flexibility index (Phi) is 7.48. The van der Waals surface area contributed by atoms with Gasteiger partial charge < -0.3 is 14.9 Å². The molecule has 28 heavy (non-hydrogen) atoms. The third-order valence-electron chi connectivity index (χ3n) is 5.26. The van der Waals surface area contributed by atoms with E-state index in [2.05, 4.69) is 46.2 Å². The van der Waals surface area contributed by atoms with Crippen LogP contribution >= 0.6 is 0 Å². The number of methoxy groups -OCH3 is 1. The largest absolute Gasteiger partial charge is 0.504 e. The molecular weight excluding hydrogens is 352 g/mol. The molecule has 0 aliphatic carbocycles. The normalized spacial score (nSPS) is 18.6. The Balaban J connectivity index is 1.56. The highest BCUT2D eigenvalue weighted by molar-refractivity contribution is 5.55. The molecule has 2 N–H and O–H groups in total. The number of rotatable bonds is 8. The number of benzene rings is 2. The van der Waals surface area contributed by atoms with Crippen molar-refractivity contribution in [3.8, 4) is 11.5 Å². The van der Waals surface area contributed by atoms with Crippen LogP contribution in [-0.4, -0.2) is 66.0 Å². The molecule has 0 amide bonds. The summed E-state index contributed by atoms with van der Waals surface area (Å²) in [6.45, 7) is 4.98. The third kappa shape index (κ3) is 5.58. The second-order valence-corrected chi connectivity index (χ2v) is 7.22. The van der Waals surface area contributed by atoms with Crippen molar-refractivity contribution in [2.45, 2.75) is 19.0 Å². The predicted molar refractivity (Wildman–Crippen MR) is 112 cm³/mol. The van der Waals surface area contributed by atoms with Crippen LogP contribution in [0.5, 0.6) is 11.5 Å². The van der Waals surface area contributed by atoms with Crippen LogP contribution in [0, 0.1) is 0 Å². The van der Waals surface area contributed by atoms with Gasteiger partial charge in [0.2, 0.25) is 0 Å². The first kappa shape index (κ1) is 20.4. The Labute approximate surface area is 167 Å². The number of nitrogens with zero attached hydrogens (tertiary/aromatic N) is 2. The molecule has 5 nitrogen and oxygen atoms in total. The minimum absolute atomic E-state index is 0.154. The molecule has 1 aliphatic heterocycles. The van der Waals surface area contributed by atoms with E-state index < -0.39 is 0 Å². The molecule has 0 saturated carbocycles. The Morgan fingerprint density at radius 2 is 1.96 bits per heavy atom. The standard InChI is InChI=1S/C23H30N2O3/c1-28-23-16-19(9-10-22(23)27)8-5-12-24-13-14-25(21(18-24)11-15-26)17-20-6-3-2-4-7-20/h2-10,16,21,26-27H,11-15,17-18H2,1H3/b8-5+/t21-/m0/s1. The highest BCUT2D eigenvalue weighted by atomic mass is 16.5. The first-order valence-corrected chi connectivity index (χ1v) is 9.84. The number of aliphatic hydroxyl groups is 1. The van der Waals surface area contributed by atoms with E-state index in [-0.39, 0.29) is 12.4 Å². The number of hydrogen-bond donors (Lipinski definition) is 2. The van der Waals surface area contributed by atoms with Crippen molar-refractivity contribution in [2.75, 3.05) is 39.9 Å². The molecule has 0 spiro atoms. The zero-order valence-electron chi connectivity index (χ0n) is 16.5. The zero-order chi connectivity index (χ0) is 19.8. The van der Waals surface area contributed by atoms with Crippen molar-refractivity contribution in [1.82, 2.24) is 9.80 Å². The van der Waals surface area contributed by atoms with Crippen LogP contribution in [0.25, 0.3) is 6.08 Å². The first-order chi connectivity index (χ1) is 13.7. The summed E-state index contributed by atoms with van der Waals surface area (Å²) in [6.07, 6.45) is 5.00. The maximum atomic E-state index is 9.69. The fraction of sp³-hybridized carbons (Fsp3) is 0.391. The molecule has 0 unspecified atom stereocenters. The quantitative estimate of drug-likeness (QED) is 0.735. The van der Waals surface area contributed by atoms with Gasteiger partial charge in [0, 0.05) is 45.4 Å². The van der Waals surface area contributed by atoms with E-state index in [4.69, 9.17) is 4.74 Å². The van der Waals surface area contributed by atoms with Gasteiger partial charge in [-0.05, 0) is 29.7 Å². The summed E-state index contributed by atoms with van der Waals surface area (Å²) in [6, 6.07) is 16.3. The average Bonchev–Trinajstić information content (AvgIpc) is 2.72. The second kappa shape index (κ2) is 10.3. The molecule has 0 radical (unpaired) electrons.